The number of hydrogen-bond donors (Lipinski definition) is 3. The molecule has 0 heterocycles. The van der Waals surface area contributed by atoms with Gasteiger partial charge >= 0.3 is 0 Å². The summed E-state index contributed by atoms with van der Waals surface area (Å²) in [5.74, 6) is 0.257. The fourth-order valence-electron chi connectivity index (χ4n) is 1.56. The molecule has 1 rings (SSSR count). The van der Waals surface area contributed by atoms with Gasteiger partial charge in [0.25, 0.3) is 0 Å². The molecule has 0 aromatic heterocycles. The van der Waals surface area contributed by atoms with Gasteiger partial charge in [-0.05, 0) is 53.6 Å². The highest BCUT2D eigenvalue weighted by Gasteiger charge is 2.10. The van der Waals surface area contributed by atoms with Gasteiger partial charge in [-0.2, -0.15) is 0 Å². The molecule has 4 nitrogen and oxygen atoms in total. The van der Waals surface area contributed by atoms with Crippen LogP contribution in [0.4, 0.5) is 5.69 Å². The van der Waals surface area contributed by atoms with Crippen LogP contribution >= 0.6 is 22.6 Å². The van der Waals surface area contributed by atoms with E-state index in [9.17, 15) is 0 Å². The lowest BCUT2D eigenvalue weighted by molar-refractivity contribution is 0.316. The van der Waals surface area contributed by atoms with E-state index in [0.717, 1.165) is 12.1 Å². The number of oxime groups is 1. The predicted molar refractivity (Wildman–Crippen MR) is 79.6 cm³/mol. The Hall–Kier alpha value is -0.980. The number of nitrogens with one attached hydrogen (secondary N) is 1. The minimum absolute atomic E-state index is 0.183. The van der Waals surface area contributed by atoms with E-state index in [1.165, 1.54) is 9.13 Å². The van der Waals surface area contributed by atoms with Gasteiger partial charge in [-0.1, -0.05) is 18.1 Å². The number of hydrogen-bond acceptors (Lipinski definition) is 3. The zero-order valence-electron chi connectivity index (χ0n) is 10.1. The molecule has 0 aliphatic rings. The standard InChI is InChI=1S/C12H18IN3O/c1-3-10(7-12(14)16-17)15-11-6-9(13)5-4-8(11)2/h4-6,10,15,17H,3,7H2,1-2H3,(H2,14,16). The first kappa shape index (κ1) is 14.1. The van der Waals surface area contributed by atoms with Gasteiger partial charge in [0.1, 0.15) is 5.84 Å². The molecular weight excluding hydrogens is 329 g/mol. The van der Waals surface area contributed by atoms with E-state index < -0.39 is 0 Å². The van der Waals surface area contributed by atoms with Crippen LogP contribution < -0.4 is 11.1 Å². The molecule has 1 atom stereocenters. The Morgan fingerprint density at radius 1 is 1.59 bits per heavy atom. The van der Waals surface area contributed by atoms with Gasteiger partial charge in [0.15, 0.2) is 0 Å². The number of benzene rings is 1. The van der Waals surface area contributed by atoms with Crippen LogP contribution in [0.25, 0.3) is 0 Å². The summed E-state index contributed by atoms with van der Waals surface area (Å²) in [4.78, 5) is 0. The largest absolute Gasteiger partial charge is 0.409 e. The van der Waals surface area contributed by atoms with Gasteiger partial charge in [-0.25, -0.2) is 0 Å². The molecule has 5 heteroatoms. The minimum Gasteiger partial charge on any atom is -0.409 e. The second kappa shape index (κ2) is 6.68. The monoisotopic (exact) mass is 347 g/mol. The van der Waals surface area contributed by atoms with Crippen LogP contribution in [0.2, 0.25) is 0 Å². The molecule has 0 aliphatic heterocycles. The van der Waals surface area contributed by atoms with Gasteiger partial charge in [0.05, 0.1) is 0 Å². The zero-order chi connectivity index (χ0) is 12.8. The van der Waals surface area contributed by atoms with Gasteiger partial charge in [0, 0.05) is 21.7 Å². The Balaban J connectivity index is 2.76. The van der Waals surface area contributed by atoms with E-state index in [-0.39, 0.29) is 11.9 Å². The van der Waals surface area contributed by atoms with Crippen LogP contribution in [0.5, 0.6) is 0 Å². The molecule has 0 saturated carbocycles. The molecule has 0 amide bonds. The van der Waals surface area contributed by atoms with E-state index in [1.807, 2.05) is 0 Å². The quantitative estimate of drug-likeness (QED) is 0.252. The van der Waals surface area contributed by atoms with Crippen LogP contribution in [0, 0.1) is 10.5 Å². The Labute approximate surface area is 115 Å². The molecule has 1 unspecified atom stereocenters. The van der Waals surface area contributed by atoms with Crippen LogP contribution in [-0.2, 0) is 0 Å². The second-order valence-corrected chi connectivity index (χ2v) is 5.25. The molecular formula is C12H18IN3O. The van der Waals surface area contributed by atoms with Gasteiger partial charge < -0.3 is 16.3 Å². The van der Waals surface area contributed by atoms with E-state index in [4.69, 9.17) is 10.9 Å². The first-order chi connectivity index (χ1) is 8.06. The van der Waals surface area contributed by atoms with Crippen molar-refractivity contribution in [3.05, 3.63) is 27.3 Å². The van der Waals surface area contributed by atoms with Crippen LogP contribution in [0.15, 0.2) is 23.4 Å². The van der Waals surface area contributed by atoms with Gasteiger partial charge in [-0.3, -0.25) is 0 Å². The zero-order valence-corrected chi connectivity index (χ0v) is 12.2. The van der Waals surface area contributed by atoms with Crippen LogP contribution in [0.3, 0.4) is 0 Å². The highest BCUT2D eigenvalue weighted by Crippen LogP contribution is 2.20. The Morgan fingerprint density at radius 3 is 2.88 bits per heavy atom. The van der Waals surface area contributed by atoms with E-state index in [2.05, 4.69) is 65.1 Å². The Kier molecular flexibility index (Phi) is 5.54. The maximum Gasteiger partial charge on any atom is 0.141 e. The molecule has 0 fully saturated rings. The highest BCUT2D eigenvalue weighted by atomic mass is 127. The van der Waals surface area contributed by atoms with Crippen molar-refractivity contribution in [3.63, 3.8) is 0 Å². The highest BCUT2D eigenvalue weighted by molar-refractivity contribution is 14.1. The molecule has 1 aromatic carbocycles. The maximum absolute atomic E-state index is 8.58. The fraction of sp³-hybridized carbons (Fsp3) is 0.417. The average Bonchev–Trinajstić information content (AvgIpc) is 2.32. The Morgan fingerprint density at radius 2 is 2.29 bits per heavy atom. The number of nitrogens with two attached hydrogens (primary N) is 1. The lowest BCUT2D eigenvalue weighted by Gasteiger charge is -2.19. The normalized spacial score (nSPS) is 13.5. The van der Waals surface area contributed by atoms with Crippen molar-refractivity contribution >= 4 is 34.1 Å². The van der Waals surface area contributed by atoms with Gasteiger partial charge in [0.2, 0.25) is 0 Å². The number of rotatable bonds is 5. The number of anilines is 1. The summed E-state index contributed by atoms with van der Waals surface area (Å²) < 4.78 is 1.19. The number of aryl methyl sites for hydroxylation is 1. The molecule has 94 valence electrons. The molecule has 0 bridgehead atoms. The van der Waals surface area contributed by atoms with E-state index in [1.54, 1.807) is 0 Å². The van der Waals surface area contributed by atoms with Crippen molar-refractivity contribution in [2.24, 2.45) is 10.9 Å². The molecule has 0 spiro atoms. The van der Waals surface area contributed by atoms with Crippen LogP contribution in [0.1, 0.15) is 25.3 Å². The molecule has 0 aliphatic carbocycles. The molecule has 0 saturated heterocycles. The lowest BCUT2D eigenvalue weighted by atomic mass is 10.1. The smallest absolute Gasteiger partial charge is 0.141 e. The minimum atomic E-state index is 0.183. The van der Waals surface area contributed by atoms with Crippen molar-refractivity contribution in [1.29, 1.82) is 0 Å². The van der Waals surface area contributed by atoms with Crippen molar-refractivity contribution in [1.82, 2.24) is 0 Å². The van der Waals surface area contributed by atoms with Crippen molar-refractivity contribution in [3.8, 4) is 0 Å². The SMILES string of the molecule is CCC(C/C(N)=N/O)Nc1cc(I)ccc1C. The van der Waals surface area contributed by atoms with Crippen molar-refractivity contribution in [2.45, 2.75) is 32.7 Å². The fourth-order valence-corrected chi connectivity index (χ4v) is 2.05. The van der Waals surface area contributed by atoms with Crippen LogP contribution in [-0.4, -0.2) is 17.1 Å². The third-order valence-corrected chi connectivity index (χ3v) is 3.31. The molecule has 4 N–H and O–H groups in total. The summed E-state index contributed by atoms with van der Waals surface area (Å²) in [5.41, 5.74) is 7.83. The summed E-state index contributed by atoms with van der Waals surface area (Å²) in [6.45, 7) is 4.14. The lowest BCUT2D eigenvalue weighted by Crippen LogP contribution is -2.26. The molecule has 17 heavy (non-hydrogen) atoms. The summed E-state index contributed by atoms with van der Waals surface area (Å²) in [5, 5.41) is 15.0. The summed E-state index contributed by atoms with van der Waals surface area (Å²) >= 11 is 2.29. The topological polar surface area (TPSA) is 70.6 Å². The number of amidine groups is 1. The van der Waals surface area contributed by atoms with E-state index >= 15 is 0 Å². The summed E-state index contributed by atoms with van der Waals surface area (Å²) in [7, 11) is 0. The van der Waals surface area contributed by atoms with E-state index in [0.29, 0.717) is 6.42 Å². The Bertz CT molecular complexity index is 407. The molecule has 1 aromatic rings. The number of halogens is 1. The summed E-state index contributed by atoms with van der Waals surface area (Å²) in [6, 6.07) is 6.44. The number of nitrogens with zero attached hydrogens (tertiary/aromatic N) is 1. The van der Waals surface area contributed by atoms with Gasteiger partial charge in [-0.15, -0.1) is 0 Å². The molecule has 0 radical (unpaired) electrons. The predicted octanol–water partition coefficient (Wildman–Crippen LogP) is 2.93. The third kappa shape index (κ3) is 4.41. The average molecular weight is 347 g/mol. The van der Waals surface area contributed by atoms with Crippen molar-refractivity contribution < 1.29 is 5.21 Å². The van der Waals surface area contributed by atoms with Crippen molar-refractivity contribution in [2.75, 3.05) is 5.32 Å². The first-order valence-corrected chi connectivity index (χ1v) is 6.63. The second-order valence-electron chi connectivity index (χ2n) is 4.00. The summed E-state index contributed by atoms with van der Waals surface area (Å²) in [6.07, 6.45) is 1.46. The first-order valence-electron chi connectivity index (χ1n) is 5.56. The third-order valence-electron chi connectivity index (χ3n) is 2.64. The maximum atomic E-state index is 8.58.